The van der Waals surface area contributed by atoms with Crippen LogP contribution in [0.2, 0.25) is 0 Å². The first-order valence-corrected chi connectivity index (χ1v) is 4.74. The van der Waals surface area contributed by atoms with Crippen LogP contribution in [-0.2, 0) is 9.53 Å². The molecule has 0 spiro atoms. The number of carbonyl (C=O) groups is 1. The van der Waals surface area contributed by atoms with E-state index in [1.165, 1.54) is 13.2 Å². The number of esters is 1. The first kappa shape index (κ1) is 10.8. The molecule has 0 amide bonds. The van der Waals surface area contributed by atoms with Crippen molar-refractivity contribution in [1.29, 1.82) is 0 Å². The van der Waals surface area contributed by atoms with Crippen molar-refractivity contribution in [2.45, 2.75) is 0 Å². The van der Waals surface area contributed by atoms with Gasteiger partial charge >= 0.3 is 5.97 Å². The molecule has 4 heteroatoms. The second kappa shape index (κ2) is 4.81. The zero-order valence-corrected chi connectivity index (χ0v) is 9.24. The van der Waals surface area contributed by atoms with Crippen LogP contribution in [0.4, 0.5) is 5.69 Å². The van der Waals surface area contributed by atoms with Crippen molar-refractivity contribution in [3.8, 4) is 0 Å². The van der Waals surface area contributed by atoms with Gasteiger partial charge in [0, 0.05) is 16.2 Å². The minimum absolute atomic E-state index is 0.396. The van der Waals surface area contributed by atoms with Crippen molar-refractivity contribution >= 4 is 33.7 Å². The summed E-state index contributed by atoms with van der Waals surface area (Å²) in [5, 5.41) is 0. The molecule has 0 atom stereocenters. The lowest BCUT2D eigenvalue weighted by molar-refractivity contribution is -0.134. The summed E-state index contributed by atoms with van der Waals surface area (Å²) < 4.78 is 5.37. The fraction of sp³-hybridized carbons (Fsp3) is 0.100. The second-order valence-corrected chi connectivity index (χ2v) is 3.55. The zero-order valence-electron chi connectivity index (χ0n) is 7.66. The van der Waals surface area contributed by atoms with Crippen molar-refractivity contribution in [2.75, 3.05) is 12.8 Å². The van der Waals surface area contributed by atoms with E-state index < -0.39 is 5.97 Å². The monoisotopic (exact) mass is 255 g/mol. The summed E-state index contributed by atoms with van der Waals surface area (Å²) in [6.45, 7) is 0. The van der Waals surface area contributed by atoms with Gasteiger partial charge in [-0.25, -0.2) is 4.79 Å². The Morgan fingerprint density at radius 3 is 2.86 bits per heavy atom. The average molecular weight is 256 g/mol. The van der Waals surface area contributed by atoms with Crippen LogP contribution >= 0.6 is 15.9 Å². The number of hydrogen-bond donors (Lipinski definition) is 1. The van der Waals surface area contributed by atoms with Crippen LogP contribution in [-0.4, -0.2) is 13.1 Å². The van der Waals surface area contributed by atoms with Gasteiger partial charge in [0.15, 0.2) is 0 Å². The van der Waals surface area contributed by atoms with Crippen LogP contribution in [0.3, 0.4) is 0 Å². The largest absolute Gasteiger partial charge is 0.466 e. The van der Waals surface area contributed by atoms with Crippen molar-refractivity contribution in [2.24, 2.45) is 0 Å². The molecule has 0 aliphatic carbocycles. The number of benzene rings is 1. The average Bonchev–Trinajstić information content (AvgIpc) is 2.16. The molecule has 2 N–H and O–H groups in total. The van der Waals surface area contributed by atoms with Gasteiger partial charge in [-0.2, -0.15) is 0 Å². The molecule has 1 rings (SSSR count). The molecule has 0 aliphatic heterocycles. The molecule has 0 unspecified atom stereocenters. The summed E-state index contributed by atoms with van der Waals surface area (Å²) in [4.78, 5) is 10.8. The Morgan fingerprint density at radius 1 is 1.57 bits per heavy atom. The number of carbonyl (C=O) groups excluding carboxylic acids is 1. The summed E-state index contributed by atoms with van der Waals surface area (Å²) >= 11 is 3.29. The van der Waals surface area contributed by atoms with Crippen molar-refractivity contribution < 1.29 is 9.53 Å². The highest BCUT2D eigenvalue weighted by molar-refractivity contribution is 9.10. The van der Waals surface area contributed by atoms with Gasteiger partial charge < -0.3 is 10.5 Å². The topological polar surface area (TPSA) is 52.3 Å². The van der Waals surface area contributed by atoms with Crippen LogP contribution in [0.5, 0.6) is 0 Å². The molecule has 0 aromatic heterocycles. The lowest BCUT2D eigenvalue weighted by atomic mass is 10.2. The molecular weight excluding hydrogens is 246 g/mol. The molecule has 3 nitrogen and oxygen atoms in total. The maximum absolute atomic E-state index is 10.8. The fourth-order valence-electron chi connectivity index (χ4n) is 0.923. The van der Waals surface area contributed by atoms with Crippen LogP contribution in [0, 0.1) is 0 Å². The first-order chi connectivity index (χ1) is 6.63. The molecule has 1 aromatic rings. The number of halogens is 1. The predicted octanol–water partition coefficient (Wildman–Crippen LogP) is 2.22. The Labute approximate surface area is 90.7 Å². The maximum atomic E-state index is 10.8. The number of rotatable bonds is 2. The SMILES string of the molecule is COC(=O)C=Cc1ccc(Br)cc1N. The van der Waals surface area contributed by atoms with E-state index in [0.717, 1.165) is 10.0 Å². The van der Waals surface area contributed by atoms with E-state index >= 15 is 0 Å². The highest BCUT2D eigenvalue weighted by atomic mass is 79.9. The Balaban J connectivity index is 2.87. The molecule has 0 fully saturated rings. The van der Waals surface area contributed by atoms with Gasteiger partial charge in [-0.05, 0) is 23.8 Å². The fourth-order valence-corrected chi connectivity index (χ4v) is 1.30. The van der Waals surface area contributed by atoms with E-state index in [0.29, 0.717) is 5.69 Å². The molecule has 0 saturated carbocycles. The minimum atomic E-state index is -0.396. The molecule has 0 aliphatic rings. The van der Waals surface area contributed by atoms with E-state index in [1.54, 1.807) is 12.1 Å². The Morgan fingerprint density at radius 2 is 2.29 bits per heavy atom. The van der Waals surface area contributed by atoms with Crippen molar-refractivity contribution in [3.63, 3.8) is 0 Å². The minimum Gasteiger partial charge on any atom is -0.466 e. The van der Waals surface area contributed by atoms with E-state index in [2.05, 4.69) is 20.7 Å². The highest BCUT2D eigenvalue weighted by Crippen LogP contribution is 2.19. The van der Waals surface area contributed by atoms with Crippen molar-refractivity contribution in [3.05, 3.63) is 34.3 Å². The predicted molar refractivity (Wildman–Crippen MR) is 59.6 cm³/mol. The lowest BCUT2D eigenvalue weighted by Crippen LogP contribution is -1.94. The number of methoxy groups -OCH3 is 1. The molecule has 0 saturated heterocycles. The number of ether oxygens (including phenoxy) is 1. The van der Waals surface area contributed by atoms with Gasteiger partial charge in [-0.1, -0.05) is 22.0 Å². The number of nitrogens with two attached hydrogens (primary N) is 1. The zero-order chi connectivity index (χ0) is 10.6. The third-order valence-electron chi connectivity index (χ3n) is 1.65. The van der Waals surface area contributed by atoms with Crippen LogP contribution in [0.25, 0.3) is 6.08 Å². The standard InChI is InChI=1S/C10H10BrNO2/c1-14-10(13)5-3-7-2-4-8(11)6-9(7)12/h2-6H,12H2,1H3. The van der Waals surface area contributed by atoms with E-state index in [9.17, 15) is 4.79 Å². The van der Waals surface area contributed by atoms with E-state index in [1.807, 2.05) is 12.1 Å². The molecular formula is C10H10BrNO2. The maximum Gasteiger partial charge on any atom is 0.330 e. The third kappa shape index (κ3) is 2.88. The normalized spacial score (nSPS) is 10.4. The smallest absolute Gasteiger partial charge is 0.330 e. The quantitative estimate of drug-likeness (QED) is 0.501. The second-order valence-electron chi connectivity index (χ2n) is 2.63. The molecule has 74 valence electrons. The highest BCUT2D eigenvalue weighted by Gasteiger charge is 1.97. The number of anilines is 1. The molecule has 14 heavy (non-hydrogen) atoms. The first-order valence-electron chi connectivity index (χ1n) is 3.94. The molecule has 1 aromatic carbocycles. The summed E-state index contributed by atoms with van der Waals surface area (Å²) in [5.74, 6) is -0.396. The van der Waals surface area contributed by atoms with E-state index in [-0.39, 0.29) is 0 Å². The summed E-state index contributed by atoms with van der Waals surface area (Å²) in [7, 11) is 1.33. The van der Waals surface area contributed by atoms with Crippen LogP contribution < -0.4 is 5.73 Å². The Hall–Kier alpha value is -1.29. The van der Waals surface area contributed by atoms with E-state index in [4.69, 9.17) is 5.73 Å². The summed E-state index contributed by atoms with van der Waals surface area (Å²) in [6.07, 6.45) is 2.95. The molecule has 0 radical (unpaired) electrons. The van der Waals surface area contributed by atoms with Crippen LogP contribution in [0.1, 0.15) is 5.56 Å². The number of hydrogen-bond acceptors (Lipinski definition) is 3. The third-order valence-corrected chi connectivity index (χ3v) is 2.14. The van der Waals surface area contributed by atoms with Crippen LogP contribution in [0.15, 0.2) is 28.7 Å². The van der Waals surface area contributed by atoms with Gasteiger partial charge in [0.1, 0.15) is 0 Å². The van der Waals surface area contributed by atoms with Gasteiger partial charge in [-0.3, -0.25) is 0 Å². The summed E-state index contributed by atoms with van der Waals surface area (Å²) in [6, 6.07) is 5.45. The van der Waals surface area contributed by atoms with Gasteiger partial charge in [0.2, 0.25) is 0 Å². The lowest BCUT2D eigenvalue weighted by Gasteiger charge is -2.00. The molecule has 0 bridgehead atoms. The Kier molecular flexibility index (Phi) is 3.71. The molecule has 0 heterocycles. The van der Waals surface area contributed by atoms with Gasteiger partial charge in [0.25, 0.3) is 0 Å². The van der Waals surface area contributed by atoms with Crippen molar-refractivity contribution in [1.82, 2.24) is 0 Å². The van der Waals surface area contributed by atoms with Gasteiger partial charge in [0.05, 0.1) is 7.11 Å². The number of nitrogen functional groups attached to an aromatic ring is 1. The summed E-state index contributed by atoms with van der Waals surface area (Å²) in [5.41, 5.74) is 7.12. The van der Waals surface area contributed by atoms with Gasteiger partial charge in [-0.15, -0.1) is 0 Å². The Bertz CT molecular complexity index is 374.